The fourth-order valence-corrected chi connectivity index (χ4v) is 5.22. The average molecular weight is 651 g/mol. The molecule has 1 amide bonds. The fraction of sp³-hybridized carbons (Fsp3) is 0.344. The van der Waals surface area contributed by atoms with Crippen LogP contribution in [0.1, 0.15) is 70.6 Å². The van der Waals surface area contributed by atoms with Crippen molar-refractivity contribution in [3.05, 3.63) is 94.5 Å². The monoisotopic (exact) mass is 650 g/mol. The Labute approximate surface area is 260 Å². The molecule has 14 heteroatoms. The van der Waals surface area contributed by atoms with Crippen LogP contribution in [-0.4, -0.2) is 40.7 Å². The number of nitrogens with one attached hydrogen (secondary N) is 3. The van der Waals surface area contributed by atoms with Crippen LogP contribution in [0.25, 0.3) is 0 Å². The van der Waals surface area contributed by atoms with Crippen molar-refractivity contribution in [2.45, 2.75) is 63.0 Å². The van der Waals surface area contributed by atoms with Crippen LogP contribution in [0.5, 0.6) is 0 Å². The number of carbonyl (C=O) groups is 2. The number of alkyl halides is 6. The summed E-state index contributed by atoms with van der Waals surface area (Å²) in [5, 5.41) is 31.6. The summed E-state index contributed by atoms with van der Waals surface area (Å²) in [5.41, 5.74) is -1.40. The first-order valence-electron chi connectivity index (χ1n) is 14.4. The molecule has 0 saturated heterocycles. The number of carbonyl (C=O) groups excluding carboxylic acids is 1. The quantitative estimate of drug-likeness (QED) is 0.0965. The van der Waals surface area contributed by atoms with Gasteiger partial charge in [0.2, 0.25) is 0 Å². The molecular formula is C32H32F6N4O4. The second-order valence-electron chi connectivity index (χ2n) is 11.0. The minimum atomic E-state index is -5.06. The van der Waals surface area contributed by atoms with E-state index >= 15 is 0 Å². The molecule has 1 atom stereocenters. The Morgan fingerprint density at radius 2 is 1.43 bits per heavy atom. The molecule has 0 spiro atoms. The fourth-order valence-electron chi connectivity index (χ4n) is 5.22. The van der Waals surface area contributed by atoms with Gasteiger partial charge in [-0.1, -0.05) is 43.5 Å². The average Bonchev–Trinajstić information content (AvgIpc) is 3.02. The van der Waals surface area contributed by atoms with E-state index in [1.807, 2.05) is 12.1 Å². The number of aliphatic hydroxyl groups is 1. The van der Waals surface area contributed by atoms with Crippen molar-refractivity contribution in [3.8, 4) is 0 Å². The van der Waals surface area contributed by atoms with Crippen LogP contribution in [0, 0.1) is 5.41 Å². The van der Waals surface area contributed by atoms with Gasteiger partial charge in [-0.25, -0.2) is 4.79 Å². The molecule has 0 heterocycles. The zero-order valence-electron chi connectivity index (χ0n) is 24.4. The number of carboxylic acids is 1. The van der Waals surface area contributed by atoms with E-state index in [9.17, 15) is 41.0 Å². The molecule has 1 fully saturated rings. The maximum Gasteiger partial charge on any atom is 0.416 e. The van der Waals surface area contributed by atoms with E-state index in [-0.39, 0.29) is 18.2 Å². The van der Waals surface area contributed by atoms with E-state index in [1.165, 1.54) is 35.6 Å². The van der Waals surface area contributed by atoms with Gasteiger partial charge in [0, 0.05) is 16.9 Å². The lowest BCUT2D eigenvalue weighted by Gasteiger charge is -2.28. The van der Waals surface area contributed by atoms with Crippen molar-refractivity contribution in [3.63, 3.8) is 0 Å². The van der Waals surface area contributed by atoms with Gasteiger partial charge in [-0.3, -0.25) is 10.2 Å². The molecule has 0 aliphatic heterocycles. The van der Waals surface area contributed by atoms with Crippen LogP contribution in [0.15, 0.2) is 66.7 Å². The summed E-state index contributed by atoms with van der Waals surface area (Å²) in [6.45, 7) is -0.575. The molecule has 5 N–H and O–H groups in total. The molecule has 8 nitrogen and oxygen atoms in total. The summed E-state index contributed by atoms with van der Waals surface area (Å²) in [6.07, 6.45) is -6.45. The molecule has 1 aliphatic rings. The minimum Gasteiger partial charge on any atom is -0.479 e. The number of hydrogen-bond donors (Lipinski definition) is 5. The first-order chi connectivity index (χ1) is 21.6. The smallest absolute Gasteiger partial charge is 0.416 e. The summed E-state index contributed by atoms with van der Waals surface area (Å²) in [5.74, 6) is -2.28. The number of aliphatic carboxylic acids is 1. The summed E-state index contributed by atoms with van der Waals surface area (Å²) in [7, 11) is 0. The van der Waals surface area contributed by atoms with Crippen LogP contribution >= 0.6 is 0 Å². The molecule has 1 aliphatic carbocycles. The standard InChI is InChI=1S/C32H32F6N4O4/c33-31(34,35)23-14-24(32(36,37)38)16-25(15-23)41-30(39)42(26-12-10-21(11-13-26)20-4-2-1-3-5-20)18-19-6-8-22(9-7-19)28(44)40-17-27(43)29(45)46/h6-16,20,27,43H,1-5,17-18H2,(H2,39,41)(H,40,44)(H,45,46)/t27-/m1/s1. The highest BCUT2D eigenvalue weighted by atomic mass is 19.4. The molecule has 4 rings (SSSR count). The molecular weight excluding hydrogens is 618 g/mol. The summed E-state index contributed by atoms with van der Waals surface area (Å²) < 4.78 is 80.8. The lowest BCUT2D eigenvalue weighted by molar-refractivity contribution is -0.146. The maximum atomic E-state index is 13.5. The zero-order valence-corrected chi connectivity index (χ0v) is 24.4. The van der Waals surface area contributed by atoms with Crippen molar-refractivity contribution in [1.82, 2.24) is 5.32 Å². The molecule has 1 saturated carbocycles. The van der Waals surface area contributed by atoms with E-state index in [2.05, 4.69) is 10.6 Å². The van der Waals surface area contributed by atoms with Gasteiger partial charge in [-0.05, 0) is 72.4 Å². The molecule has 0 bridgehead atoms. The second-order valence-corrected chi connectivity index (χ2v) is 11.0. The van der Waals surface area contributed by atoms with Gasteiger partial charge in [-0.15, -0.1) is 0 Å². The highest BCUT2D eigenvalue weighted by Crippen LogP contribution is 2.38. The third-order valence-electron chi connectivity index (χ3n) is 7.70. The van der Waals surface area contributed by atoms with Crippen LogP contribution in [0.2, 0.25) is 0 Å². The normalized spacial score (nSPS) is 14.8. The Morgan fingerprint density at radius 1 is 0.870 bits per heavy atom. The van der Waals surface area contributed by atoms with Crippen molar-refractivity contribution in [2.75, 3.05) is 16.8 Å². The Hall–Kier alpha value is -4.59. The molecule has 0 unspecified atom stereocenters. The molecule has 3 aromatic carbocycles. The van der Waals surface area contributed by atoms with Gasteiger partial charge in [0.15, 0.2) is 12.1 Å². The highest BCUT2D eigenvalue weighted by molar-refractivity contribution is 6.03. The first kappa shape index (κ1) is 34.3. The number of aliphatic hydroxyl groups excluding tert-OH is 1. The molecule has 46 heavy (non-hydrogen) atoms. The number of anilines is 2. The Balaban J connectivity index is 1.61. The van der Waals surface area contributed by atoms with E-state index in [4.69, 9.17) is 10.5 Å². The second kappa shape index (κ2) is 14.2. The van der Waals surface area contributed by atoms with Crippen molar-refractivity contribution < 1.29 is 46.1 Å². The molecule has 246 valence electrons. The van der Waals surface area contributed by atoms with Crippen molar-refractivity contribution in [1.29, 1.82) is 5.41 Å². The number of rotatable bonds is 9. The lowest BCUT2D eigenvalue weighted by Crippen LogP contribution is -2.36. The van der Waals surface area contributed by atoms with Crippen LogP contribution in [-0.2, 0) is 23.7 Å². The predicted molar refractivity (Wildman–Crippen MR) is 159 cm³/mol. The third-order valence-corrected chi connectivity index (χ3v) is 7.70. The first-order valence-corrected chi connectivity index (χ1v) is 14.4. The Kier molecular flexibility index (Phi) is 10.6. The third kappa shape index (κ3) is 8.99. The lowest BCUT2D eigenvalue weighted by atomic mass is 9.84. The number of nitrogens with zero attached hydrogens (tertiary/aromatic N) is 1. The Bertz CT molecular complexity index is 1500. The number of guanidine groups is 1. The van der Waals surface area contributed by atoms with Gasteiger partial charge < -0.3 is 25.7 Å². The number of benzene rings is 3. The summed E-state index contributed by atoms with van der Waals surface area (Å²) >= 11 is 0. The van der Waals surface area contributed by atoms with Crippen LogP contribution in [0.3, 0.4) is 0 Å². The number of carboxylic acid groups (broad SMARTS) is 1. The van der Waals surface area contributed by atoms with Crippen LogP contribution in [0.4, 0.5) is 37.7 Å². The van der Waals surface area contributed by atoms with Gasteiger partial charge in [-0.2, -0.15) is 26.3 Å². The summed E-state index contributed by atoms with van der Waals surface area (Å²) in [4.78, 5) is 24.5. The number of amides is 1. The predicted octanol–water partition coefficient (Wildman–Crippen LogP) is 7.00. The van der Waals surface area contributed by atoms with E-state index in [1.54, 1.807) is 12.1 Å². The summed E-state index contributed by atoms with van der Waals surface area (Å²) in [6, 6.07) is 14.2. The van der Waals surface area contributed by atoms with Crippen molar-refractivity contribution in [2.24, 2.45) is 0 Å². The number of halogens is 6. The van der Waals surface area contributed by atoms with Gasteiger partial charge in [0.05, 0.1) is 24.2 Å². The topological polar surface area (TPSA) is 126 Å². The molecule has 0 aromatic heterocycles. The maximum absolute atomic E-state index is 13.5. The van der Waals surface area contributed by atoms with Gasteiger partial charge >= 0.3 is 18.3 Å². The SMILES string of the molecule is N=C(Nc1cc(C(F)(F)F)cc(C(F)(F)F)c1)N(Cc1ccc(C(=O)NC[C@@H](O)C(=O)O)cc1)c1ccc(C2CCCCC2)cc1. The number of hydrogen-bond acceptors (Lipinski definition) is 4. The zero-order chi connectivity index (χ0) is 33.6. The minimum absolute atomic E-state index is 0.0106. The van der Waals surface area contributed by atoms with Gasteiger partial charge in [0.25, 0.3) is 5.91 Å². The molecule has 0 radical (unpaired) electrons. The van der Waals surface area contributed by atoms with E-state index in [0.29, 0.717) is 29.3 Å². The van der Waals surface area contributed by atoms with Crippen LogP contribution < -0.4 is 15.5 Å². The van der Waals surface area contributed by atoms with E-state index < -0.39 is 59.7 Å². The van der Waals surface area contributed by atoms with E-state index in [0.717, 1.165) is 31.2 Å². The van der Waals surface area contributed by atoms with Crippen molar-refractivity contribution >= 4 is 29.2 Å². The Morgan fingerprint density at radius 3 is 1.96 bits per heavy atom. The highest BCUT2D eigenvalue weighted by Gasteiger charge is 2.37. The molecule has 3 aromatic rings. The van der Waals surface area contributed by atoms with Gasteiger partial charge in [0.1, 0.15) is 0 Å². The largest absolute Gasteiger partial charge is 0.479 e.